The Labute approximate surface area is 129 Å². The van der Waals surface area contributed by atoms with Crippen LogP contribution in [-0.4, -0.2) is 29.3 Å². The van der Waals surface area contributed by atoms with Gasteiger partial charge in [0.25, 0.3) is 0 Å². The highest BCUT2D eigenvalue weighted by atomic mass is 32.1. The van der Waals surface area contributed by atoms with Crippen molar-refractivity contribution >= 4 is 11.3 Å². The van der Waals surface area contributed by atoms with E-state index in [9.17, 15) is 5.11 Å². The highest BCUT2D eigenvalue weighted by Crippen LogP contribution is 2.19. The summed E-state index contributed by atoms with van der Waals surface area (Å²) >= 11 is 1.67. The minimum Gasteiger partial charge on any atom is -0.491 e. The van der Waals surface area contributed by atoms with Crippen LogP contribution in [0.4, 0.5) is 0 Å². The van der Waals surface area contributed by atoms with Crippen LogP contribution in [0, 0.1) is 13.8 Å². The highest BCUT2D eigenvalue weighted by molar-refractivity contribution is 7.11. The van der Waals surface area contributed by atoms with Crippen molar-refractivity contribution < 1.29 is 9.84 Å². The summed E-state index contributed by atoms with van der Waals surface area (Å²) in [6.07, 6.45) is 1.32. The summed E-state index contributed by atoms with van der Waals surface area (Å²) in [4.78, 5) is 5.54. The molecule has 0 aliphatic carbocycles. The molecule has 114 valence electrons. The zero-order valence-corrected chi connectivity index (χ0v) is 13.5. The average Bonchev–Trinajstić information content (AvgIpc) is 2.90. The zero-order chi connectivity index (χ0) is 15.2. The van der Waals surface area contributed by atoms with Crippen LogP contribution in [0.5, 0.6) is 5.75 Å². The Balaban J connectivity index is 1.75. The Morgan fingerprint density at radius 1 is 1.33 bits per heavy atom. The smallest absolute Gasteiger partial charge is 0.122 e. The number of rotatable bonds is 7. The molecule has 0 radical (unpaired) electrons. The number of hydrogen-bond donors (Lipinski definition) is 2. The van der Waals surface area contributed by atoms with Crippen LogP contribution in [0.1, 0.15) is 28.4 Å². The molecular weight excluding hydrogens is 284 g/mol. The number of aliphatic hydroxyl groups excluding tert-OH is 1. The third-order valence-electron chi connectivity index (χ3n) is 3.19. The van der Waals surface area contributed by atoms with Gasteiger partial charge in [-0.3, -0.25) is 0 Å². The van der Waals surface area contributed by atoms with Crippen molar-refractivity contribution in [1.29, 1.82) is 0 Å². The van der Waals surface area contributed by atoms with E-state index in [0.717, 1.165) is 16.3 Å². The summed E-state index contributed by atoms with van der Waals surface area (Å²) in [5, 5.41) is 14.3. The third kappa shape index (κ3) is 4.81. The lowest BCUT2D eigenvalue weighted by atomic mass is 10.2. The van der Waals surface area contributed by atoms with Crippen LogP contribution in [0.3, 0.4) is 0 Å². The molecule has 2 unspecified atom stereocenters. The molecule has 1 aromatic heterocycles. The molecular formula is C16H22N2O2S. The Morgan fingerprint density at radius 3 is 2.76 bits per heavy atom. The summed E-state index contributed by atoms with van der Waals surface area (Å²) in [6, 6.07) is 7.94. The first-order chi connectivity index (χ1) is 10.1. The highest BCUT2D eigenvalue weighted by Gasteiger charge is 2.12. The maximum absolute atomic E-state index is 10.00. The number of para-hydroxylation sites is 1. The number of benzene rings is 1. The average molecular weight is 306 g/mol. The van der Waals surface area contributed by atoms with Crippen LogP contribution in [-0.2, 0) is 0 Å². The monoisotopic (exact) mass is 306 g/mol. The molecule has 5 heteroatoms. The molecule has 0 aliphatic rings. The first-order valence-electron chi connectivity index (χ1n) is 7.08. The Morgan fingerprint density at radius 2 is 2.10 bits per heavy atom. The van der Waals surface area contributed by atoms with Gasteiger partial charge in [0.15, 0.2) is 0 Å². The maximum Gasteiger partial charge on any atom is 0.122 e. The molecule has 4 nitrogen and oxygen atoms in total. The predicted octanol–water partition coefficient (Wildman–Crippen LogP) is 2.85. The van der Waals surface area contributed by atoms with Gasteiger partial charge in [0.1, 0.15) is 23.5 Å². The van der Waals surface area contributed by atoms with Gasteiger partial charge in [-0.2, -0.15) is 0 Å². The van der Waals surface area contributed by atoms with E-state index in [2.05, 4.69) is 10.3 Å². The van der Waals surface area contributed by atoms with Crippen molar-refractivity contribution in [1.82, 2.24) is 10.3 Å². The van der Waals surface area contributed by atoms with Crippen molar-refractivity contribution in [3.63, 3.8) is 0 Å². The zero-order valence-electron chi connectivity index (χ0n) is 12.7. The topological polar surface area (TPSA) is 54.4 Å². The van der Waals surface area contributed by atoms with E-state index in [1.54, 1.807) is 11.3 Å². The van der Waals surface area contributed by atoms with Gasteiger partial charge < -0.3 is 15.2 Å². The van der Waals surface area contributed by atoms with Gasteiger partial charge >= 0.3 is 0 Å². The summed E-state index contributed by atoms with van der Waals surface area (Å²) in [5.74, 6) is 0.820. The predicted molar refractivity (Wildman–Crippen MR) is 85.9 cm³/mol. The lowest BCUT2D eigenvalue weighted by Gasteiger charge is -2.17. The third-order valence-corrected chi connectivity index (χ3v) is 4.29. The fraction of sp³-hybridized carbons (Fsp3) is 0.438. The Kier molecular flexibility index (Phi) is 5.73. The van der Waals surface area contributed by atoms with Crippen LogP contribution < -0.4 is 10.1 Å². The van der Waals surface area contributed by atoms with Gasteiger partial charge in [-0.05, 0) is 32.4 Å². The summed E-state index contributed by atoms with van der Waals surface area (Å²) < 4.78 is 5.64. The molecule has 1 heterocycles. The van der Waals surface area contributed by atoms with Gasteiger partial charge in [0, 0.05) is 17.6 Å². The molecule has 0 aliphatic heterocycles. The number of aromatic nitrogens is 1. The Bertz CT molecular complexity index is 571. The molecule has 2 aromatic rings. The van der Waals surface area contributed by atoms with Crippen LogP contribution >= 0.6 is 11.3 Å². The standard InChI is InChI=1S/C16H22N2O2S/c1-11-6-4-5-7-15(11)20-10-14(19)9-17-13(3)16-18-8-12(2)21-16/h4-8,13-14,17,19H,9-10H2,1-3H3. The number of aryl methyl sites for hydroxylation is 2. The van der Waals surface area contributed by atoms with E-state index >= 15 is 0 Å². The summed E-state index contributed by atoms with van der Waals surface area (Å²) in [6.45, 7) is 6.84. The SMILES string of the molecule is Cc1cnc(C(C)NCC(O)COc2ccccc2C)s1. The second-order valence-corrected chi connectivity index (χ2v) is 6.44. The molecule has 21 heavy (non-hydrogen) atoms. The quantitative estimate of drug-likeness (QED) is 0.826. The number of thiazole rings is 1. The molecule has 0 fully saturated rings. The van der Waals surface area contributed by atoms with Gasteiger partial charge in [-0.15, -0.1) is 11.3 Å². The van der Waals surface area contributed by atoms with Crippen molar-refractivity contribution in [2.24, 2.45) is 0 Å². The fourth-order valence-electron chi connectivity index (χ4n) is 1.94. The second kappa shape index (κ2) is 7.54. The van der Waals surface area contributed by atoms with Gasteiger partial charge in [-0.25, -0.2) is 4.98 Å². The number of hydrogen-bond acceptors (Lipinski definition) is 5. The second-order valence-electron chi connectivity index (χ2n) is 5.17. The largest absolute Gasteiger partial charge is 0.491 e. The van der Waals surface area contributed by atoms with Crippen molar-refractivity contribution in [2.75, 3.05) is 13.2 Å². The molecule has 0 amide bonds. The molecule has 0 saturated heterocycles. The van der Waals surface area contributed by atoms with Crippen LogP contribution in [0.2, 0.25) is 0 Å². The molecule has 2 atom stereocenters. The number of nitrogens with zero attached hydrogens (tertiary/aromatic N) is 1. The molecule has 0 spiro atoms. The Hall–Kier alpha value is -1.43. The lowest BCUT2D eigenvalue weighted by Crippen LogP contribution is -2.33. The molecule has 0 saturated carbocycles. The molecule has 0 bridgehead atoms. The number of nitrogens with one attached hydrogen (secondary N) is 1. The van der Waals surface area contributed by atoms with Crippen LogP contribution in [0.15, 0.2) is 30.5 Å². The van der Waals surface area contributed by atoms with Crippen LogP contribution in [0.25, 0.3) is 0 Å². The van der Waals surface area contributed by atoms with Gasteiger partial charge in [0.2, 0.25) is 0 Å². The number of aliphatic hydroxyl groups is 1. The minimum absolute atomic E-state index is 0.136. The van der Waals surface area contributed by atoms with Crippen molar-refractivity contribution in [2.45, 2.75) is 32.9 Å². The lowest BCUT2D eigenvalue weighted by molar-refractivity contribution is 0.104. The first-order valence-corrected chi connectivity index (χ1v) is 7.90. The molecule has 1 aromatic carbocycles. The van der Waals surface area contributed by atoms with E-state index in [-0.39, 0.29) is 12.6 Å². The summed E-state index contributed by atoms with van der Waals surface area (Å²) in [7, 11) is 0. The maximum atomic E-state index is 10.00. The first kappa shape index (κ1) is 15.9. The van der Waals surface area contributed by atoms with E-state index in [1.165, 1.54) is 4.88 Å². The van der Waals surface area contributed by atoms with E-state index in [1.807, 2.05) is 51.2 Å². The normalized spacial score (nSPS) is 13.9. The van der Waals surface area contributed by atoms with E-state index in [0.29, 0.717) is 6.54 Å². The van der Waals surface area contributed by atoms with Gasteiger partial charge in [-0.1, -0.05) is 18.2 Å². The van der Waals surface area contributed by atoms with E-state index in [4.69, 9.17) is 4.74 Å². The van der Waals surface area contributed by atoms with Crippen molar-refractivity contribution in [3.8, 4) is 5.75 Å². The molecule has 2 rings (SSSR count). The summed E-state index contributed by atoms with van der Waals surface area (Å²) in [5.41, 5.74) is 1.07. The molecule has 2 N–H and O–H groups in total. The fourth-order valence-corrected chi connectivity index (χ4v) is 2.74. The number of ether oxygens (including phenoxy) is 1. The van der Waals surface area contributed by atoms with Crippen molar-refractivity contribution in [3.05, 3.63) is 45.9 Å². The van der Waals surface area contributed by atoms with Gasteiger partial charge in [0.05, 0.1) is 6.04 Å². The van der Waals surface area contributed by atoms with E-state index < -0.39 is 6.10 Å². The minimum atomic E-state index is -0.548.